The van der Waals surface area contributed by atoms with Crippen molar-refractivity contribution in [1.29, 1.82) is 0 Å². The van der Waals surface area contributed by atoms with Crippen molar-refractivity contribution in [3.05, 3.63) is 0 Å². The third-order valence-corrected chi connectivity index (χ3v) is 3.36. The van der Waals surface area contributed by atoms with Gasteiger partial charge in [0.15, 0.2) is 0 Å². The number of aliphatic carboxylic acids is 1. The Morgan fingerprint density at radius 1 is 0.862 bits per heavy atom. The van der Waals surface area contributed by atoms with Gasteiger partial charge in [0, 0.05) is 6.54 Å². The number of nitrogens with one attached hydrogen (secondary N) is 1. The maximum Gasteiger partial charge on any atom is 0.332 e. The lowest BCUT2D eigenvalue weighted by Crippen LogP contribution is -2.31. The van der Waals surface area contributed by atoms with Gasteiger partial charge in [-0.2, -0.15) is 0 Å². The fourth-order valence-electron chi connectivity index (χ4n) is 2.29. The predicted octanol–water partition coefficient (Wildman–Crippen LogP) is 2.06. The van der Waals surface area contributed by atoms with Gasteiger partial charge in [-0.1, -0.05) is 6.42 Å². The first kappa shape index (κ1) is 26.8. The van der Waals surface area contributed by atoms with Gasteiger partial charge < -0.3 is 24.6 Å². The lowest BCUT2D eigenvalue weighted by atomic mass is 9.98. The monoisotopic (exact) mass is 417 g/mol. The lowest BCUT2D eigenvalue weighted by molar-refractivity contribution is -0.161. The van der Waals surface area contributed by atoms with E-state index in [0.717, 1.165) is 0 Å². The Morgan fingerprint density at radius 2 is 1.41 bits per heavy atom. The highest BCUT2D eigenvalue weighted by molar-refractivity contribution is 5.79. The summed E-state index contributed by atoms with van der Waals surface area (Å²) in [6.45, 7) is 10.1. The molecular weight excluding hydrogens is 382 g/mol. The molecule has 0 aliphatic carbocycles. The SMILES string of the molecule is CC(C)(C)OC(=O)COCC(=O)NCCCC[C@H](CC(=O)OC(C)(C)C)C(=O)O. The van der Waals surface area contributed by atoms with Gasteiger partial charge in [-0.05, 0) is 54.4 Å². The first-order chi connectivity index (χ1) is 13.2. The maximum atomic E-state index is 11.8. The third-order valence-electron chi connectivity index (χ3n) is 3.36. The van der Waals surface area contributed by atoms with Crippen LogP contribution in [0.3, 0.4) is 0 Å². The minimum absolute atomic E-state index is 0.183. The van der Waals surface area contributed by atoms with Crippen molar-refractivity contribution in [3.8, 4) is 0 Å². The predicted molar refractivity (Wildman–Crippen MR) is 105 cm³/mol. The van der Waals surface area contributed by atoms with Crippen LogP contribution in [0.4, 0.5) is 0 Å². The highest BCUT2D eigenvalue weighted by atomic mass is 16.6. The van der Waals surface area contributed by atoms with Crippen molar-refractivity contribution < 1.29 is 38.5 Å². The molecule has 1 amide bonds. The molecule has 0 aromatic carbocycles. The fourth-order valence-corrected chi connectivity index (χ4v) is 2.29. The molecule has 0 unspecified atom stereocenters. The Morgan fingerprint density at radius 3 is 1.93 bits per heavy atom. The Labute approximate surface area is 172 Å². The Kier molecular flexibility index (Phi) is 11.5. The smallest absolute Gasteiger partial charge is 0.332 e. The molecular formula is C20H35NO8. The second-order valence-corrected chi connectivity index (χ2v) is 8.75. The van der Waals surface area contributed by atoms with Crippen molar-refractivity contribution in [2.75, 3.05) is 19.8 Å². The van der Waals surface area contributed by atoms with E-state index in [0.29, 0.717) is 25.8 Å². The normalized spacial score (nSPS) is 12.8. The Bertz CT molecular complexity index is 560. The van der Waals surface area contributed by atoms with Crippen molar-refractivity contribution in [2.24, 2.45) is 5.92 Å². The molecule has 0 fully saturated rings. The van der Waals surface area contributed by atoms with Crippen molar-refractivity contribution in [2.45, 2.75) is 78.4 Å². The Balaban J connectivity index is 3.99. The fraction of sp³-hybridized carbons (Fsp3) is 0.800. The average Bonchev–Trinajstić information content (AvgIpc) is 2.49. The summed E-state index contributed by atoms with van der Waals surface area (Å²) in [6.07, 6.45) is 1.20. The van der Waals surface area contributed by atoms with Gasteiger partial charge in [0.05, 0.1) is 12.3 Å². The second kappa shape index (κ2) is 12.4. The molecule has 29 heavy (non-hydrogen) atoms. The van der Waals surface area contributed by atoms with Crippen LogP contribution < -0.4 is 5.32 Å². The third kappa shape index (κ3) is 16.5. The molecule has 0 aromatic rings. The van der Waals surface area contributed by atoms with Crippen LogP contribution >= 0.6 is 0 Å². The van der Waals surface area contributed by atoms with Gasteiger partial charge in [0.25, 0.3) is 0 Å². The molecule has 1 atom stereocenters. The molecule has 0 saturated carbocycles. The molecule has 0 rings (SSSR count). The van der Waals surface area contributed by atoms with Crippen LogP contribution in [-0.2, 0) is 33.4 Å². The van der Waals surface area contributed by atoms with E-state index in [2.05, 4.69) is 5.32 Å². The standard InChI is InChI=1S/C20H35NO8/c1-19(2,3)28-16(23)11-14(18(25)26)9-7-8-10-21-15(22)12-27-13-17(24)29-20(4,5)6/h14H,7-13H2,1-6H3,(H,21,22)(H,25,26)/t14-/m1/s1. The van der Waals surface area contributed by atoms with E-state index in [1.54, 1.807) is 41.5 Å². The molecule has 0 aliphatic heterocycles. The van der Waals surface area contributed by atoms with Gasteiger partial charge in [0.2, 0.25) is 5.91 Å². The molecule has 0 bridgehead atoms. The van der Waals surface area contributed by atoms with Crippen molar-refractivity contribution in [3.63, 3.8) is 0 Å². The summed E-state index contributed by atoms with van der Waals surface area (Å²) in [7, 11) is 0. The molecule has 0 aliphatic rings. The number of hydrogen-bond acceptors (Lipinski definition) is 7. The molecule has 9 nitrogen and oxygen atoms in total. The van der Waals surface area contributed by atoms with Crippen LogP contribution in [0.15, 0.2) is 0 Å². The highest BCUT2D eigenvalue weighted by Gasteiger charge is 2.24. The van der Waals surface area contributed by atoms with Gasteiger partial charge in [0.1, 0.15) is 24.4 Å². The van der Waals surface area contributed by atoms with E-state index in [-0.39, 0.29) is 25.5 Å². The highest BCUT2D eigenvalue weighted by Crippen LogP contribution is 2.17. The summed E-state index contributed by atoms with van der Waals surface area (Å²) < 4.78 is 15.2. The van der Waals surface area contributed by atoms with E-state index in [1.807, 2.05) is 0 Å². The molecule has 168 valence electrons. The molecule has 2 N–H and O–H groups in total. The summed E-state index contributed by atoms with van der Waals surface area (Å²) >= 11 is 0. The van der Waals surface area contributed by atoms with E-state index >= 15 is 0 Å². The molecule has 0 heterocycles. The molecule has 0 saturated heterocycles. The zero-order valence-electron chi connectivity index (χ0n) is 18.3. The van der Waals surface area contributed by atoms with E-state index < -0.39 is 35.0 Å². The van der Waals surface area contributed by atoms with Crippen LogP contribution in [0.5, 0.6) is 0 Å². The largest absolute Gasteiger partial charge is 0.481 e. The summed E-state index contributed by atoms with van der Waals surface area (Å²) in [5.74, 6) is -3.33. The number of unbranched alkanes of at least 4 members (excludes halogenated alkanes) is 1. The van der Waals surface area contributed by atoms with E-state index in [4.69, 9.17) is 14.2 Å². The van der Waals surface area contributed by atoms with Crippen LogP contribution in [-0.4, -0.2) is 59.9 Å². The minimum Gasteiger partial charge on any atom is -0.481 e. The molecule has 0 radical (unpaired) electrons. The minimum atomic E-state index is -1.05. The maximum absolute atomic E-state index is 11.8. The van der Waals surface area contributed by atoms with Gasteiger partial charge >= 0.3 is 17.9 Å². The summed E-state index contributed by atoms with van der Waals surface area (Å²) in [6, 6.07) is 0. The van der Waals surface area contributed by atoms with Crippen molar-refractivity contribution in [1.82, 2.24) is 5.32 Å². The second-order valence-electron chi connectivity index (χ2n) is 8.75. The number of carbonyl (C=O) groups excluding carboxylic acids is 3. The topological polar surface area (TPSA) is 128 Å². The first-order valence-corrected chi connectivity index (χ1v) is 9.70. The number of ether oxygens (including phenoxy) is 3. The van der Waals surface area contributed by atoms with Gasteiger partial charge in [-0.3, -0.25) is 14.4 Å². The molecule has 0 spiro atoms. The van der Waals surface area contributed by atoms with Crippen LogP contribution in [0.25, 0.3) is 0 Å². The molecule has 0 aromatic heterocycles. The van der Waals surface area contributed by atoms with Crippen LogP contribution in [0, 0.1) is 5.92 Å². The first-order valence-electron chi connectivity index (χ1n) is 9.70. The zero-order valence-corrected chi connectivity index (χ0v) is 18.3. The number of amides is 1. The zero-order chi connectivity index (χ0) is 22.7. The average molecular weight is 417 g/mol. The Hall–Kier alpha value is -2.16. The number of carboxylic acid groups (broad SMARTS) is 1. The van der Waals surface area contributed by atoms with Gasteiger partial charge in [-0.15, -0.1) is 0 Å². The van der Waals surface area contributed by atoms with Crippen LogP contribution in [0.2, 0.25) is 0 Å². The van der Waals surface area contributed by atoms with Gasteiger partial charge in [-0.25, -0.2) is 4.79 Å². The van der Waals surface area contributed by atoms with E-state index in [9.17, 15) is 24.3 Å². The number of esters is 2. The van der Waals surface area contributed by atoms with E-state index in [1.165, 1.54) is 0 Å². The van der Waals surface area contributed by atoms with Crippen LogP contribution in [0.1, 0.15) is 67.2 Å². The summed E-state index contributed by atoms with van der Waals surface area (Å²) in [5.41, 5.74) is -1.27. The quantitative estimate of drug-likeness (QED) is 0.365. The number of carbonyl (C=O) groups is 4. The number of hydrogen-bond donors (Lipinski definition) is 2. The number of rotatable bonds is 12. The number of carboxylic acids is 1. The van der Waals surface area contributed by atoms with Crippen molar-refractivity contribution >= 4 is 23.8 Å². The summed E-state index contributed by atoms with van der Waals surface area (Å²) in [5, 5.41) is 11.9. The molecule has 9 heteroatoms. The summed E-state index contributed by atoms with van der Waals surface area (Å²) in [4.78, 5) is 46.2. The lowest BCUT2D eigenvalue weighted by Gasteiger charge is -2.21.